The molecule has 12 nitrogen and oxygen atoms in total. The number of nitrogens with one attached hydrogen (secondary N) is 6. The number of aliphatic imine (C=N–C) groups is 2. The third kappa shape index (κ3) is 14.6. The second-order valence-electron chi connectivity index (χ2n) is 18.3. The number of nitrogens with zero attached hydrogens (tertiary/aromatic N) is 2. The van der Waals surface area contributed by atoms with Gasteiger partial charge in [-0.25, -0.2) is 9.59 Å². The van der Waals surface area contributed by atoms with Gasteiger partial charge >= 0.3 is 12.1 Å². The Morgan fingerprint density at radius 3 is 1.41 bits per heavy atom. The number of hydrogen-bond donors (Lipinski definition) is 6. The number of carbonyl (C=O) groups is 4. The van der Waals surface area contributed by atoms with Crippen molar-refractivity contribution in [3.63, 3.8) is 0 Å². The van der Waals surface area contributed by atoms with E-state index in [1.54, 1.807) is 24.3 Å². The number of aryl methyl sites for hydroxylation is 2. The minimum absolute atomic E-state index is 0.0364. The molecule has 2 atom stereocenters. The Hall–Kier alpha value is -6.32. The molecule has 0 bridgehead atoms. The quantitative estimate of drug-likeness (QED) is 0.0761. The van der Waals surface area contributed by atoms with Crippen molar-refractivity contribution >= 4 is 113 Å². The Morgan fingerprint density at radius 1 is 0.606 bits per heavy atom. The number of rotatable bonds is 11. The molecule has 0 radical (unpaired) electrons. The van der Waals surface area contributed by atoms with Gasteiger partial charge in [0.25, 0.3) is 0 Å². The van der Waals surface area contributed by atoms with Crippen LogP contribution in [-0.2, 0) is 22.4 Å². The predicted octanol–water partition coefficient (Wildman–Crippen LogP) is 13.2. The van der Waals surface area contributed by atoms with Crippen molar-refractivity contribution in [2.24, 2.45) is 9.98 Å². The molecule has 6 aromatic carbocycles. The molecule has 0 aliphatic carbocycles. The summed E-state index contributed by atoms with van der Waals surface area (Å²) in [5, 5.41) is 18.5. The summed E-state index contributed by atoms with van der Waals surface area (Å²) >= 11 is 19.8. The van der Waals surface area contributed by atoms with E-state index in [0.717, 1.165) is 42.3 Å². The highest BCUT2D eigenvalue weighted by Gasteiger charge is 2.28. The van der Waals surface area contributed by atoms with Gasteiger partial charge < -0.3 is 31.9 Å². The van der Waals surface area contributed by atoms with E-state index in [2.05, 4.69) is 63.8 Å². The highest BCUT2D eigenvalue weighted by molar-refractivity contribution is 9.10. The molecule has 2 unspecified atom stereocenters. The fraction of sp³-hybridized carbons (Fsp3) is 0.236. The second-order valence-corrected chi connectivity index (χ2v) is 20.9. The highest BCUT2D eigenvalue weighted by atomic mass is 79.9. The van der Waals surface area contributed by atoms with Crippen LogP contribution in [0.4, 0.5) is 32.3 Å². The maximum absolute atomic E-state index is 13.1. The molecule has 366 valence electrons. The van der Waals surface area contributed by atoms with Gasteiger partial charge in [0.1, 0.15) is 12.1 Å². The molecule has 0 saturated heterocycles. The molecule has 8 rings (SSSR count). The fourth-order valence-electron chi connectivity index (χ4n) is 7.84. The molecule has 0 saturated carbocycles. The van der Waals surface area contributed by atoms with Gasteiger partial charge in [-0.2, -0.15) is 0 Å². The van der Waals surface area contributed by atoms with Crippen LogP contribution in [-0.4, -0.2) is 59.0 Å². The molecular weight excluding hydrogens is 1070 g/mol. The summed E-state index contributed by atoms with van der Waals surface area (Å²) in [7, 11) is 0. The first-order valence-corrected chi connectivity index (χ1v) is 25.4. The van der Waals surface area contributed by atoms with Crippen LogP contribution in [0.3, 0.4) is 0 Å². The summed E-state index contributed by atoms with van der Waals surface area (Å²) in [5.41, 5.74) is 9.06. The largest absolute Gasteiger partial charge is 0.336 e. The maximum atomic E-state index is 13.1. The van der Waals surface area contributed by atoms with Crippen LogP contribution in [0.2, 0.25) is 10.0 Å². The van der Waals surface area contributed by atoms with E-state index < -0.39 is 12.1 Å². The molecule has 16 heteroatoms. The lowest BCUT2D eigenvalue weighted by Crippen LogP contribution is -2.43. The maximum Gasteiger partial charge on any atom is 0.319 e. The van der Waals surface area contributed by atoms with E-state index in [9.17, 15) is 19.2 Å². The number of carbonyl (C=O) groups excluding carboxylic acids is 4. The summed E-state index contributed by atoms with van der Waals surface area (Å²) in [6.07, 6.45) is 2.49. The summed E-state index contributed by atoms with van der Waals surface area (Å²) in [4.78, 5) is 60.3. The lowest BCUT2D eigenvalue weighted by molar-refractivity contribution is -0.118. The number of halogens is 4. The van der Waals surface area contributed by atoms with Gasteiger partial charge in [0.2, 0.25) is 11.8 Å². The Morgan fingerprint density at radius 2 is 1.01 bits per heavy atom. The van der Waals surface area contributed by atoms with Crippen molar-refractivity contribution in [1.29, 1.82) is 0 Å². The molecule has 0 aromatic heterocycles. The van der Waals surface area contributed by atoms with Crippen LogP contribution in [0.5, 0.6) is 0 Å². The molecule has 2 aliphatic heterocycles. The minimum atomic E-state index is -0.575. The molecule has 0 fully saturated rings. The molecule has 6 N–H and O–H groups in total. The van der Waals surface area contributed by atoms with E-state index in [0.29, 0.717) is 69.9 Å². The number of benzodiazepines with no additional fused rings is 2. The number of fused-ring (bicyclic) bond motifs is 2. The van der Waals surface area contributed by atoms with Crippen LogP contribution in [0.15, 0.2) is 152 Å². The zero-order chi connectivity index (χ0) is 50.8. The fourth-order valence-corrected chi connectivity index (χ4v) is 9.15. The predicted molar refractivity (Wildman–Crippen MR) is 296 cm³/mol. The van der Waals surface area contributed by atoms with Crippen molar-refractivity contribution < 1.29 is 19.2 Å². The minimum Gasteiger partial charge on any atom is -0.336 e. The summed E-state index contributed by atoms with van der Waals surface area (Å²) in [5.74, 6) is -0.308. The third-order valence-corrected chi connectivity index (χ3v) is 13.2. The lowest BCUT2D eigenvalue weighted by Gasteiger charge is -2.20. The number of benzene rings is 6. The summed E-state index contributed by atoms with van der Waals surface area (Å²) in [6, 6.07) is 39.9. The molecule has 6 amide bonds. The summed E-state index contributed by atoms with van der Waals surface area (Å²) < 4.78 is 2.02. The van der Waals surface area contributed by atoms with Gasteiger partial charge in [-0.1, -0.05) is 116 Å². The zero-order valence-electron chi connectivity index (χ0n) is 39.8. The Balaban J connectivity index is 0.000000209. The molecule has 6 aromatic rings. The standard InChI is InChI=1S/C28H28BrClN4O2.C27H26BrClN4O2/c1-28(2,3)34-27(36)31-20-12-8-18(9-13-20)25-21-16-19(30)11-15-23(21)33-26(35)24(32-25)14-10-17-6-4-5-7-22(17)29;1-16(2)30-27(35)31-20-11-7-18(8-12-20)25-21-15-19(29)10-14-23(21)33-26(34)24(32-25)13-9-17-5-3-4-6-22(17)28/h4-9,11-13,15-16,24H,10,14H2,1-3H3,(H,33,35)(H2,31,34,36);3-8,10-12,14-16,24H,9,13H2,1-2H3,(H,33,34)(H2,30,31,35). The Labute approximate surface area is 441 Å². The van der Waals surface area contributed by atoms with E-state index in [1.165, 1.54) is 0 Å². The van der Waals surface area contributed by atoms with E-state index in [-0.39, 0.29) is 35.5 Å². The molecule has 71 heavy (non-hydrogen) atoms. The Kier molecular flexibility index (Phi) is 17.5. The van der Waals surface area contributed by atoms with Gasteiger partial charge in [-0.15, -0.1) is 0 Å². The van der Waals surface area contributed by atoms with E-state index in [4.69, 9.17) is 33.2 Å². The Bertz CT molecular complexity index is 2990. The monoisotopic (exact) mass is 1120 g/mol. The average molecular weight is 1120 g/mol. The summed E-state index contributed by atoms with van der Waals surface area (Å²) in [6.45, 7) is 9.56. The third-order valence-electron chi connectivity index (χ3n) is 11.2. The first kappa shape index (κ1) is 52.5. The first-order chi connectivity index (χ1) is 33.9. The number of anilines is 4. The van der Waals surface area contributed by atoms with Crippen molar-refractivity contribution in [2.75, 3.05) is 21.3 Å². The van der Waals surface area contributed by atoms with Crippen LogP contribution in [0, 0.1) is 0 Å². The van der Waals surface area contributed by atoms with E-state index >= 15 is 0 Å². The average Bonchev–Trinajstić information content (AvgIpc) is 3.54. The van der Waals surface area contributed by atoms with E-state index in [1.807, 2.05) is 144 Å². The van der Waals surface area contributed by atoms with Gasteiger partial charge in [-0.05, 0) is 144 Å². The van der Waals surface area contributed by atoms with Gasteiger partial charge in [0.15, 0.2) is 0 Å². The number of amides is 6. The molecule has 2 heterocycles. The van der Waals surface area contributed by atoms with Gasteiger partial charge in [0.05, 0.1) is 22.8 Å². The van der Waals surface area contributed by atoms with Crippen LogP contribution in [0.25, 0.3) is 0 Å². The van der Waals surface area contributed by atoms with Gasteiger partial charge in [-0.3, -0.25) is 19.6 Å². The van der Waals surface area contributed by atoms with Crippen molar-refractivity contribution in [3.05, 3.63) is 186 Å². The van der Waals surface area contributed by atoms with Crippen molar-refractivity contribution in [3.8, 4) is 0 Å². The van der Waals surface area contributed by atoms with Crippen LogP contribution < -0.4 is 31.9 Å². The van der Waals surface area contributed by atoms with Crippen molar-refractivity contribution in [1.82, 2.24) is 10.6 Å². The van der Waals surface area contributed by atoms with Crippen molar-refractivity contribution in [2.45, 2.75) is 84.0 Å². The zero-order valence-corrected chi connectivity index (χ0v) is 44.5. The second kappa shape index (κ2) is 23.7. The number of hydrogen-bond acceptors (Lipinski definition) is 6. The number of urea groups is 2. The normalized spacial score (nSPS) is 15.2. The molecule has 0 spiro atoms. The lowest BCUT2D eigenvalue weighted by atomic mass is 10.00. The van der Waals surface area contributed by atoms with Crippen LogP contribution >= 0.6 is 55.1 Å². The first-order valence-electron chi connectivity index (χ1n) is 23.1. The van der Waals surface area contributed by atoms with Gasteiger partial charge in [0, 0.05) is 64.2 Å². The smallest absolute Gasteiger partial charge is 0.319 e. The molecular formula is C55H54Br2Cl2N8O4. The molecule has 2 aliphatic rings. The highest BCUT2D eigenvalue weighted by Crippen LogP contribution is 2.31. The van der Waals surface area contributed by atoms with Crippen LogP contribution in [0.1, 0.15) is 80.8 Å². The SMILES string of the molecule is CC(C)(C)NC(=O)Nc1ccc(C2=NC(CCc3ccccc3Br)C(=O)Nc3ccc(Cl)cc32)cc1.CC(C)NC(=O)Nc1ccc(C2=NC(CCc3ccccc3Br)C(=O)Nc3ccc(Cl)cc32)cc1. The topological polar surface area (TPSA) is 165 Å².